The number of guanidine groups is 1. The van der Waals surface area contributed by atoms with Crippen molar-refractivity contribution in [1.29, 1.82) is 0 Å². The quantitative estimate of drug-likeness (QED) is 0.149. The Hall–Kier alpha value is -4.39. The lowest BCUT2D eigenvalue weighted by Gasteiger charge is -2.39. The average molecular weight is 649 g/mol. The lowest BCUT2D eigenvalue weighted by molar-refractivity contribution is 0.198. The fraction of sp³-hybridized carbons (Fsp3) is 0.459. The Kier molecular flexibility index (Phi) is 13.4. The second kappa shape index (κ2) is 17.0. The first-order chi connectivity index (χ1) is 22.4. The molecule has 0 radical (unpaired) electrons. The molecule has 1 aliphatic carbocycles. The highest BCUT2D eigenvalue weighted by Crippen LogP contribution is 2.28. The van der Waals surface area contributed by atoms with Crippen molar-refractivity contribution in [1.82, 2.24) is 15.1 Å². The van der Waals surface area contributed by atoms with E-state index in [1.165, 1.54) is 9.80 Å². The predicted octanol–water partition coefficient (Wildman–Crippen LogP) is 8.47. The summed E-state index contributed by atoms with van der Waals surface area (Å²) < 4.78 is 43.0. The van der Waals surface area contributed by atoms with Gasteiger partial charge in [0.15, 0.2) is 11.6 Å². The Morgan fingerprint density at radius 2 is 1.72 bits per heavy atom. The number of rotatable bonds is 11. The molecule has 1 aromatic carbocycles. The number of nitrogens with zero attached hydrogens (tertiary/aromatic N) is 5. The molecule has 0 saturated carbocycles. The van der Waals surface area contributed by atoms with E-state index >= 15 is 0 Å². The molecule has 7 nitrogen and oxygen atoms in total. The second-order valence-electron chi connectivity index (χ2n) is 11.7. The summed E-state index contributed by atoms with van der Waals surface area (Å²) in [5, 5.41) is 2.83. The van der Waals surface area contributed by atoms with Gasteiger partial charge in [0.25, 0.3) is 0 Å². The van der Waals surface area contributed by atoms with Gasteiger partial charge in [0, 0.05) is 29.7 Å². The Labute approximate surface area is 277 Å². The first kappa shape index (κ1) is 37.1. The van der Waals surface area contributed by atoms with Crippen molar-refractivity contribution in [2.75, 3.05) is 6.54 Å². The monoisotopic (exact) mass is 648 g/mol. The van der Waals surface area contributed by atoms with Gasteiger partial charge in [-0.15, -0.1) is 5.92 Å². The first-order valence-corrected chi connectivity index (χ1v) is 16.3. The van der Waals surface area contributed by atoms with Gasteiger partial charge in [0.1, 0.15) is 11.6 Å². The van der Waals surface area contributed by atoms with E-state index in [4.69, 9.17) is 15.0 Å². The summed E-state index contributed by atoms with van der Waals surface area (Å²) in [4.78, 5) is 31.0. The van der Waals surface area contributed by atoms with Crippen molar-refractivity contribution < 1.29 is 18.0 Å². The van der Waals surface area contributed by atoms with E-state index in [2.05, 4.69) is 37.6 Å². The van der Waals surface area contributed by atoms with E-state index in [1.807, 2.05) is 59.8 Å². The van der Waals surface area contributed by atoms with Crippen LogP contribution in [0.25, 0.3) is 0 Å². The van der Waals surface area contributed by atoms with Gasteiger partial charge in [0.2, 0.25) is 5.96 Å². The molecular formula is C37H47F3N6O. The molecule has 2 unspecified atom stereocenters. The van der Waals surface area contributed by atoms with Crippen LogP contribution in [0, 0.1) is 35.2 Å². The van der Waals surface area contributed by atoms with Gasteiger partial charge in [-0.2, -0.15) is 0 Å². The van der Waals surface area contributed by atoms with Crippen molar-refractivity contribution in [3.05, 3.63) is 82.6 Å². The molecule has 1 fully saturated rings. The smallest absolute Gasteiger partial charge is 0.294 e. The zero-order valence-electron chi connectivity index (χ0n) is 28.8. The molecule has 1 N–H and O–H groups in total. The fourth-order valence-corrected chi connectivity index (χ4v) is 5.15. The van der Waals surface area contributed by atoms with Crippen molar-refractivity contribution >= 4 is 23.4 Å². The summed E-state index contributed by atoms with van der Waals surface area (Å²) in [7, 11) is 0. The van der Waals surface area contributed by atoms with Crippen molar-refractivity contribution in [2.45, 2.75) is 99.7 Å². The van der Waals surface area contributed by atoms with Crippen LogP contribution in [0.3, 0.4) is 0 Å². The largest absolute Gasteiger partial charge is 0.330 e. The SMILES string of the molecule is C=C1N(CC(C)=NC(C)C(C)C#CCC)C(=O)NC(=NC2=C/C(=C/C)C(=NC(CC)CC)C=C2CC)N1Cc1cc(F)c(F)cc1F. The summed E-state index contributed by atoms with van der Waals surface area (Å²) in [5.41, 5.74) is 3.76. The molecule has 1 aliphatic heterocycles. The number of benzene rings is 1. The molecule has 2 amide bonds. The number of hydrogen-bond donors (Lipinski definition) is 1. The lowest BCUT2D eigenvalue weighted by Crippen LogP contribution is -2.58. The van der Waals surface area contributed by atoms with E-state index in [-0.39, 0.29) is 48.4 Å². The molecule has 2 aliphatic rings. The molecular weight excluding hydrogens is 601 g/mol. The average Bonchev–Trinajstić information content (AvgIpc) is 3.04. The van der Waals surface area contributed by atoms with Crippen LogP contribution in [0.1, 0.15) is 86.6 Å². The van der Waals surface area contributed by atoms with Crippen LogP contribution >= 0.6 is 0 Å². The number of allylic oxidation sites excluding steroid dienone is 5. The molecule has 0 aromatic heterocycles. The predicted molar refractivity (Wildman–Crippen MR) is 185 cm³/mol. The van der Waals surface area contributed by atoms with Crippen LogP contribution in [0.4, 0.5) is 18.0 Å². The van der Waals surface area contributed by atoms with Gasteiger partial charge in [-0.05, 0) is 76.3 Å². The number of halogens is 3. The Morgan fingerprint density at radius 1 is 1.04 bits per heavy atom. The molecule has 2 atom stereocenters. The van der Waals surface area contributed by atoms with Crippen LogP contribution in [0.5, 0.6) is 0 Å². The molecule has 10 heteroatoms. The molecule has 47 heavy (non-hydrogen) atoms. The Morgan fingerprint density at radius 3 is 2.34 bits per heavy atom. The van der Waals surface area contributed by atoms with Crippen molar-refractivity contribution in [3.63, 3.8) is 0 Å². The van der Waals surface area contributed by atoms with E-state index in [1.54, 1.807) is 0 Å². The standard InChI is InChI=1S/C37H47F3N6O/c1-10-15-16-23(6)25(8)41-24(7)21-46-26(9)45(22-29-17-32(39)33(40)20-31(29)38)36(44-37(46)47)43-35-19-27(11-2)34(18-28(35)12-3)42-30(13-4)14-5/h11,17-20,23,25,30H,9-10,12-14,21-22H2,1-8H3,(H,43,44,47)/b27-11-,41-24?,42-34?. The van der Waals surface area contributed by atoms with Crippen LogP contribution in [0.15, 0.2) is 74.6 Å². The summed E-state index contributed by atoms with van der Waals surface area (Å²) >= 11 is 0. The third-order valence-corrected chi connectivity index (χ3v) is 8.21. The topological polar surface area (TPSA) is 72.7 Å². The van der Waals surface area contributed by atoms with Gasteiger partial charge in [0.05, 0.1) is 36.6 Å². The third kappa shape index (κ3) is 9.34. The van der Waals surface area contributed by atoms with Gasteiger partial charge in [-0.3, -0.25) is 25.1 Å². The van der Waals surface area contributed by atoms with Crippen LogP contribution in [0.2, 0.25) is 0 Å². The minimum atomic E-state index is -1.29. The fourth-order valence-electron chi connectivity index (χ4n) is 5.15. The zero-order valence-corrected chi connectivity index (χ0v) is 28.8. The van der Waals surface area contributed by atoms with Crippen molar-refractivity contribution in [2.24, 2.45) is 20.9 Å². The summed E-state index contributed by atoms with van der Waals surface area (Å²) in [6.45, 7) is 19.9. The number of amides is 2. The van der Waals surface area contributed by atoms with E-state index in [0.29, 0.717) is 23.9 Å². The minimum absolute atomic E-state index is 0.0157. The summed E-state index contributed by atoms with van der Waals surface area (Å²) in [6, 6.07) is 0.880. The number of aliphatic imine (C=N–C) groups is 3. The number of urea groups is 1. The molecule has 0 bridgehead atoms. The highest BCUT2D eigenvalue weighted by atomic mass is 19.2. The number of hydrogen-bond acceptors (Lipinski definition) is 4. The minimum Gasteiger partial charge on any atom is -0.294 e. The lowest BCUT2D eigenvalue weighted by atomic mass is 9.95. The number of carbonyl (C=O) groups is 1. The maximum absolute atomic E-state index is 14.9. The molecule has 1 saturated heterocycles. The van der Waals surface area contributed by atoms with E-state index < -0.39 is 23.5 Å². The zero-order chi connectivity index (χ0) is 34.8. The van der Waals surface area contributed by atoms with Gasteiger partial charge in [-0.1, -0.05) is 46.3 Å². The van der Waals surface area contributed by atoms with Crippen LogP contribution in [-0.4, -0.2) is 51.8 Å². The Balaban J connectivity index is 2.06. The summed E-state index contributed by atoms with van der Waals surface area (Å²) in [6.07, 6.45) is 9.09. The van der Waals surface area contributed by atoms with E-state index in [9.17, 15) is 18.0 Å². The number of nitrogens with one attached hydrogen (secondary N) is 1. The normalized spacial score (nSPS) is 19.6. The number of carbonyl (C=O) groups excluding carboxylic acids is 1. The molecule has 1 heterocycles. The molecule has 1 aromatic rings. The molecule has 3 rings (SSSR count). The van der Waals surface area contributed by atoms with Crippen LogP contribution in [-0.2, 0) is 6.54 Å². The Bertz CT molecular complexity index is 1600. The maximum atomic E-state index is 14.9. The van der Waals surface area contributed by atoms with E-state index in [0.717, 1.165) is 42.2 Å². The second-order valence-corrected chi connectivity index (χ2v) is 11.7. The molecule has 252 valence electrons. The van der Waals surface area contributed by atoms with Gasteiger partial charge in [-0.25, -0.2) is 23.0 Å². The van der Waals surface area contributed by atoms with Gasteiger partial charge < -0.3 is 0 Å². The highest BCUT2D eigenvalue weighted by molar-refractivity contribution is 6.13. The molecule has 0 spiro atoms. The first-order valence-electron chi connectivity index (χ1n) is 16.3. The van der Waals surface area contributed by atoms with Crippen molar-refractivity contribution in [3.8, 4) is 11.8 Å². The van der Waals surface area contributed by atoms with Gasteiger partial charge >= 0.3 is 6.03 Å². The maximum Gasteiger partial charge on any atom is 0.330 e. The highest BCUT2D eigenvalue weighted by Gasteiger charge is 2.34. The summed E-state index contributed by atoms with van der Waals surface area (Å²) in [5.74, 6) is 3.12. The third-order valence-electron chi connectivity index (χ3n) is 8.21. The van der Waals surface area contributed by atoms with Crippen LogP contribution < -0.4 is 5.32 Å².